The molecule has 0 aliphatic heterocycles. The highest BCUT2D eigenvalue weighted by atomic mass is 32.1. The van der Waals surface area contributed by atoms with Gasteiger partial charge in [-0.15, -0.1) is 11.3 Å². The molecule has 2 heterocycles. The van der Waals surface area contributed by atoms with Crippen LogP contribution in [0.3, 0.4) is 0 Å². The maximum absolute atomic E-state index is 9.20. The van der Waals surface area contributed by atoms with Crippen molar-refractivity contribution in [2.75, 3.05) is 0 Å². The lowest BCUT2D eigenvalue weighted by molar-refractivity contribution is 0.479. The molecule has 1 N–H and O–H groups in total. The third-order valence-electron chi connectivity index (χ3n) is 1.36. The molecule has 2 rings (SSSR count). The van der Waals surface area contributed by atoms with E-state index in [0.717, 1.165) is 10.1 Å². The van der Waals surface area contributed by atoms with E-state index in [9.17, 15) is 5.11 Å². The van der Waals surface area contributed by atoms with Crippen molar-refractivity contribution < 1.29 is 5.11 Å². The van der Waals surface area contributed by atoms with Crippen LogP contribution in [0, 0.1) is 0 Å². The molecule has 50 valence electrons. The fourth-order valence-corrected chi connectivity index (χ4v) is 1.65. The van der Waals surface area contributed by atoms with Crippen molar-refractivity contribution in [3.05, 3.63) is 23.8 Å². The van der Waals surface area contributed by atoms with E-state index in [4.69, 9.17) is 0 Å². The van der Waals surface area contributed by atoms with E-state index in [0.29, 0.717) is 0 Å². The molecule has 0 saturated carbocycles. The Morgan fingerprint density at radius 1 is 1.40 bits per heavy atom. The quantitative estimate of drug-likeness (QED) is 0.624. The van der Waals surface area contributed by atoms with Crippen molar-refractivity contribution in [1.29, 1.82) is 0 Å². The van der Waals surface area contributed by atoms with Crippen LogP contribution in [0.2, 0.25) is 0 Å². The molecule has 0 spiro atoms. The van der Waals surface area contributed by atoms with Gasteiger partial charge in [-0.1, -0.05) is 0 Å². The Labute approximate surface area is 61.8 Å². The minimum absolute atomic E-state index is 0.263. The van der Waals surface area contributed by atoms with Crippen molar-refractivity contribution in [2.45, 2.75) is 0 Å². The van der Waals surface area contributed by atoms with Gasteiger partial charge in [-0.2, -0.15) is 0 Å². The summed E-state index contributed by atoms with van der Waals surface area (Å²) in [6, 6.07) is 1.89. The number of nitrogens with zero attached hydrogens (tertiary/aromatic N) is 1. The van der Waals surface area contributed by atoms with E-state index in [1.807, 2.05) is 11.4 Å². The van der Waals surface area contributed by atoms with Crippen LogP contribution in [-0.4, -0.2) is 10.1 Å². The number of thiophene rings is 1. The second-order valence-electron chi connectivity index (χ2n) is 1.99. The van der Waals surface area contributed by atoms with Crippen molar-refractivity contribution in [3.63, 3.8) is 0 Å². The minimum atomic E-state index is 0.263. The van der Waals surface area contributed by atoms with Gasteiger partial charge in [-0.3, -0.25) is 4.98 Å². The number of rotatable bonds is 0. The lowest BCUT2D eigenvalue weighted by Crippen LogP contribution is -1.69. The molecule has 0 fully saturated rings. The molecular formula is C7H5NOS. The molecule has 0 bridgehead atoms. The highest BCUT2D eigenvalue weighted by Crippen LogP contribution is 2.26. The molecule has 2 aromatic rings. The summed E-state index contributed by atoms with van der Waals surface area (Å²) in [5.41, 5.74) is 0. The summed E-state index contributed by atoms with van der Waals surface area (Å²) in [4.78, 5) is 3.85. The zero-order valence-corrected chi connectivity index (χ0v) is 5.93. The molecule has 0 radical (unpaired) electrons. The molecule has 0 aliphatic carbocycles. The number of fused-ring (bicyclic) bond motifs is 1. The predicted molar refractivity (Wildman–Crippen MR) is 41.3 cm³/mol. The summed E-state index contributed by atoms with van der Waals surface area (Å²) in [7, 11) is 0. The smallest absolute Gasteiger partial charge is 0.142 e. The van der Waals surface area contributed by atoms with Gasteiger partial charge in [0.1, 0.15) is 5.75 Å². The topological polar surface area (TPSA) is 33.1 Å². The Morgan fingerprint density at radius 3 is 3.10 bits per heavy atom. The monoisotopic (exact) mass is 151 g/mol. The minimum Gasteiger partial charge on any atom is -0.506 e. The van der Waals surface area contributed by atoms with E-state index < -0.39 is 0 Å². The first-order valence-electron chi connectivity index (χ1n) is 2.88. The first kappa shape index (κ1) is 5.68. The normalized spacial score (nSPS) is 10.4. The van der Waals surface area contributed by atoms with Gasteiger partial charge in [0.25, 0.3) is 0 Å². The molecule has 2 aromatic heterocycles. The Hall–Kier alpha value is -1.09. The van der Waals surface area contributed by atoms with Gasteiger partial charge in [0.2, 0.25) is 0 Å². The van der Waals surface area contributed by atoms with Crippen molar-refractivity contribution in [2.24, 2.45) is 0 Å². The van der Waals surface area contributed by atoms with Gasteiger partial charge in [0, 0.05) is 11.6 Å². The Kier molecular flexibility index (Phi) is 1.11. The highest BCUT2D eigenvalue weighted by molar-refractivity contribution is 7.17. The van der Waals surface area contributed by atoms with Crippen molar-refractivity contribution in [1.82, 2.24) is 4.98 Å². The van der Waals surface area contributed by atoms with Gasteiger partial charge in [0.05, 0.1) is 10.9 Å². The number of pyridine rings is 1. The molecular weight excluding hydrogens is 146 g/mol. The van der Waals surface area contributed by atoms with Gasteiger partial charge in [0.15, 0.2) is 0 Å². The maximum atomic E-state index is 9.20. The molecule has 0 aromatic carbocycles. The predicted octanol–water partition coefficient (Wildman–Crippen LogP) is 2.00. The van der Waals surface area contributed by atoms with Crippen LogP contribution in [-0.2, 0) is 0 Å². The largest absolute Gasteiger partial charge is 0.506 e. The average molecular weight is 151 g/mol. The lowest BCUT2D eigenvalue weighted by atomic mass is 10.3. The van der Waals surface area contributed by atoms with Crippen LogP contribution in [0.15, 0.2) is 23.8 Å². The zero-order chi connectivity index (χ0) is 6.97. The summed E-state index contributed by atoms with van der Waals surface area (Å²) in [6.07, 6.45) is 3.20. The molecule has 0 atom stereocenters. The number of hydrogen-bond acceptors (Lipinski definition) is 3. The number of hydrogen-bond donors (Lipinski definition) is 1. The van der Waals surface area contributed by atoms with Gasteiger partial charge >= 0.3 is 0 Å². The summed E-state index contributed by atoms with van der Waals surface area (Å²) in [6.45, 7) is 0. The van der Waals surface area contributed by atoms with Crippen LogP contribution in [0.25, 0.3) is 10.1 Å². The Bertz CT molecular complexity index is 355. The second kappa shape index (κ2) is 1.95. The molecule has 0 amide bonds. The summed E-state index contributed by atoms with van der Waals surface area (Å²) in [5, 5.41) is 12.0. The summed E-state index contributed by atoms with van der Waals surface area (Å²) >= 11 is 1.58. The zero-order valence-electron chi connectivity index (χ0n) is 5.11. The van der Waals surface area contributed by atoms with Crippen LogP contribution in [0.1, 0.15) is 0 Å². The second-order valence-corrected chi connectivity index (χ2v) is 2.94. The Balaban J connectivity index is 2.95. The molecule has 2 nitrogen and oxygen atoms in total. The highest BCUT2D eigenvalue weighted by Gasteiger charge is 1.98. The first-order chi connectivity index (χ1) is 4.88. The SMILES string of the molecule is Oc1cncc2sccc12. The summed E-state index contributed by atoms with van der Waals surface area (Å²) < 4.78 is 1.03. The van der Waals surface area contributed by atoms with Crippen LogP contribution < -0.4 is 0 Å². The van der Waals surface area contributed by atoms with Crippen molar-refractivity contribution >= 4 is 21.4 Å². The fourth-order valence-electron chi connectivity index (χ4n) is 0.878. The molecule has 10 heavy (non-hydrogen) atoms. The molecule has 0 aliphatic rings. The summed E-state index contributed by atoms with van der Waals surface area (Å²) in [5.74, 6) is 0.263. The van der Waals surface area contributed by atoms with E-state index in [1.54, 1.807) is 17.5 Å². The van der Waals surface area contributed by atoms with E-state index >= 15 is 0 Å². The fraction of sp³-hybridized carbons (Fsp3) is 0. The third kappa shape index (κ3) is 0.675. The maximum Gasteiger partial charge on any atom is 0.142 e. The van der Waals surface area contributed by atoms with Crippen LogP contribution in [0.4, 0.5) is 0 Å². The van der Waals surface area contributed by atoms with Gasteiger partial charge in [-0.25, -0.2) is 0 Å². The van der Waals surface area contributed by atoms with Gasteiger partial charge in [-0.05, 0) is 11.4 Å². The van der Waals surface area contributed by atoms with Gasteiger partial charge < -0.3 is 5.11 Å². The van der Waals surface area contributed by atoms with Crippen molar-refractivity contribution in [3.8, 4) is 5.75 Å². The molecule has 0 saturated heterocycles. The average Bonchev–Trinajstić information content (AvgIpc) is 2.36. The number of aromatic hydroxyl groups is 1. The Morgan fingerprint density at radius 2 is 2.30 bits per heavy atom. The van der Waals surface area contributed by atoms with E-state index in [1.165, 1.54) is 6.20 Å². The van der Waals surface area contributed by atoms with E-state index in [-0.39, 0.29) is 5.75 Å². The van der Waals surface area contributed by atoms with Crippen LogP contribution >= 0.6 is 11.3 Å². The third-order valence-corrected chi connectivity index (χ3v) is 2.21. The number of aromatic nitrogens is 1. The van der Waals surface area contributed by atoms with E-state index in [2.05, 4.69) is 4.98 Å². The molecule has 3 heteroatoms. The standard InChI is InChI=1S/C7H5NOS/c9-6-3-8-4-7-5(6)1-2-10-7/h1-4,9H. The first-order valence-corrected chi connectivity index (χ1v) is 3.76. The van der Waals surface area contributed by atoms with Crippen LogP contribution in [0.5, 0.6) is 5.75 Å². The lowest BCUT2D eigenvalue weighted by Gasteiger charge is -1.90. The molecule has 0 unspecified atom stereocenters.